The SMILES string of the molecule is COCCN(Cc1ccccn1)C(=O)CNC(C)(C)C. The summed E-state index contributed by atoms with van der Waals surface area (Å²) < 4.78 is 5.07. The molecule has 5 heteroatoms. The maximum absolute atomic E-state index is 12.3. The van der Waals surface area contributed by atoms with Crippen LogP contribution in [0.1, 0.15) is 26.5 Å². The summed E-state index contributed by atoms with van der Waals surface area (Å²) in [6.45, 7) is 8.04. The van der Waals surface area contributed by atoms with Crippen LogP contribution in [0.25, 0.3) is 0 Å². The number of hydrogen-bond donors (Lipinski definition) is 1. The van der Waals surface area contributed by atoms with Crippen LogP contribution in [0.2, 0.25) is 0 Å². The molecule has 0 bridgehead atoms. The number of carbonyl (C=O) groups excluding carboxylic acids is 1. The van der Waals surface area contributed by atoms with E-state index in [4.69, 9.17) is 4.74 Å². The average molecular weight is 279 g/mol. The zero-order valence-corrected chi connectivity index (χ0v) is 12.8. The number of amides is 1. The lowest BCUT2D eigenvalue weighted by Crippen LogP contribution is -2.45. The van der Waals surface area contributed by atoms with E-state index in [0.29, 0.717) is 26.2 Å². The molecule has 0 unspecified atom stereocenters. The summed E-state index contributed by atoms with van der Waals surface area (Å²) in [7, 11) is 1.64. The van der Waals surface area contributed by atoms with Crippen molar-refractivity contribution < 1.29 is 9.53 Å². The number of pyridine rings is 1. The summed E-state index contributed by atoms with van der Waals surface area (Å²) in [4.78, 5) is 18.3. The predicted molar refractivity (Wildman–Crippen MR) is 79.3 cm³/mol. The van der Waals surface area contributed by atoms with Crippen molar-refractivity contribution >= 4 is 5.91 Å². The van der Waals surface area contributed by atoms with Gasteiger partial charge in [0.25, 0.3) is 0 Å². The van der Waals surface area contributed by atoms with Crippen molar-refractivity contribution in [2.45, 2.75) is 32.9 Å². The summed E-state index contributed by atoms with van der Waals surface area (Å²) in [5.41, 5.74) is 0.806. The highest BCUT2D eigenvalue weighted by Crippen LogP contribution is 2.03. The van der Waals surface area contributed by atoms with Gasteiger partial charge in [0.15, 0.2) is 0 Å². The second-order valence-electron chi connectivity index (χ2n) is 5.73. The lowest BCUT2D eigenvalue weighted by molar-refractivity contribution is -0.131. The zero-order valence-electron chi connectivity index (χ0n) is 12.8. The molecule has 0 aliphatic rings. The molecule has 0 atom stereocenters. The Morgan fingerprint density at radius 2 is 2.15 bits per heavy atom. The topological polar surface area (TPSA) is 54.5 Å². The van der Waals surface area contributed by atoms with E-state index >= 15 is 0 Å². The fraction of sp³-hybridized carbons (Fsp3) is 0.600. The average Bonchev–Trinajstić information content (AvgIpc) is 2.41. The summed E-state index contributed by atoms with van der Waals surface area (Å²) in [6.07, 6.45) is 1.74. The molecule has 1 aromatic rings. The molecule has 1 rings (SSSR count). The molecule has 0 aromatic carbocycles. The highest BCUT2D eigenvalue weighted by molar-refractivity contribution is 5.78. The Morgan fingerprint density at radius 3 is 2.70 bits per heavy atom. The van der Waals surface area contributed by atoms with Gasteiger partial charge in [-0.05, 0) is 32.9 Å². The Kier molecular flexibility index (Phi) is 6.61. The third kappa shape index (κ3) is 6.63. The predicted octanol–water partition coefficient (Wildman–Crippen LogP) is 1.44. The number of nitrogens with zero attached hydrogens (tertiary/aromatic N) is 2. The van der Waals surface area contributed by atoms with Crippen molar-refractivity contribution in [2.24, 2.45) is 0 Å². The molecule has 0 saturated carbocycles. The molecule has 1 N–H and O–H groups in total. The van der Waals surface area contributed by atoms with Crippen molar-refractivity contribution in [1.82, 2.24) is 15.2 Å². The molecule has 0 fully saturated rings. The number of rotatable bonds is 7. The van der Waals surface area contributed by atoms with Crippen molar-refractivity contribution in [3.8, 4) is 0 Å². The largest absolute Gasteiger partial charge is 0.383 e. The van der Waals surface area contributed by atoms with E-state index in [1.54, 1.807) is 18.2 Å². The molecular formula is C15H25N3O2. The normalized spacial score (nSPS) is 11.4. The molecular weight excluding hydrogens is 254 g/mol. The van der Waals surface area contributed by atoms with E-state index in [-0.39, 0.29) is 11.4 Å². The molecule has 0 radical (unpaired) electrons. The minimum Gasteiger partial charge on any atom is -0.383 e. The standard InChI is InChI=1S/C15H25N3O2/c1-15(2,3)17-11-14(19)18(9-10-20-4)12-13-7-5-6-8-16-13/h5-8,17H,9-12H2,1-4H3. The fourth-order valence-corrected chi connectivity index (χ4v) is 1.63. The first-order chi connectivity index (χ1) is 9.42. The van der Waals surface area contributed by atoms with Gasteiger partial charge in [0, 0.05) is 25.4 Å². The highest BCUT2D eigenvalue weighted by Gasteiger charge is 2.17. The van der Waals surface area contributed by atoms with Crippen molar-refractivity contribution in [1.29, 1.82) is 0 Å². The molecule has 20 heavy (non-hydrogen) atoms. The van der Waals surface area contributed by atoms with Gasteiger partial charge in [-0.3, -0.25) is 9.78 Å². The number of aromatic nitrogens is 1. The first-order valence-corrected chi connectivity index (χ1v) is 6.84. The van der Waals surface area contributed by atoms with Gasteiger partial charge in [-0.1, -0.05) is 6.07 Å². The summed E-state index contributed by atoms with van der Waals surface area (Å²) in [5, 5.41) is 3.21. The van der Waals surface area contributed by atoms with Crippen LogP contribution in [0, 0.1) is 0 Å². The third-order valence-corrected chi connectivity index (χ3v) is 2.77. The monoisotopic (exact) mass is 279 g/mol. The maximum Gasteiger partial charge on any atom is 0.236 e. The number of hydrogen-bond acceptors (Lipinski definition) is 4. The Morgan fingerprint density at radius 1 is 1.40 bits per heavy atom. The van der Waals surface area contributed by atoms with Gasteiger partial charge in [0.1, 0.15) is 0 Å². The molecule has 0 saturated heterocycles. The van der Waals surface area contributed by atoms with Gasteiger partial charge < -0.3 is 15.0 Å². The van der Waals surface area contributed by atoms with Crippen molar-refractivity contribution in [2.75, 3.05) is 26.8 Å². The molecule has 0 spiro atoms. The van der Waals surface area contributed by atoms with Gasteiger partial charge in [0.2, 0.25) is 5.91 Å². The van der Waals surface area contributed by atoms with Crippen molar-refractivity contribution in [3.63, 3.8) is 0 Å². The maximum atomic E-state index is 12.3. The molecule has 112 valence electrons. The Bertz CT molecular complexity index is 401. The van der Waals surface area contributed by atoms with Gasteiger partial charge in [0.05, 0.1) is 25.4 Å². The molecule has 0 aliphatic heterocycles. The molecule has 1 aromatic heterocycles. The van der Waals surface area contributed by atoms with E-state index < -0.39 is 0 Å². The van der Waals surface area contributed by atoms with Crippen LogP contribution < -0.4 is 5.32 Å². The van der Waals surface area contributed by atoms with E-state index in [9.17, 15) is 4.79 Å². The van der Waals surface area contributed by atoms with Gasteiger partial charge in [-0.25, -0.2) is 0 Å². The number of ether oxygens (including phenoxy) is 1. The zero-order chi connectivity index (χ0) is 15.0. The Labute approximate surface area is 121 Å². The first kappa shape index (κ1) is 16.6. The quantitative estimate of drug-likeness (QED) is 0.820. The van der Waals surface area contributed by atoms with E-state index in [2.05, 4.69) is 10.3 Å². The van der Waals surface area contributed by atoms with Crippen LogP contribution in [-0.4, -0.2) is 48.1 Å². The van der Waals surface area contributed by atoms with Crippen LogP contribution in [0.15, 0.2) is 24.4 Å². The number of nitrogens with one attached hydrogen (secondary N) is 1. The fourth-order valence-electron chi connectivity index (χ4n) is 1.63. The molecule has 5 nitrogen and oxygen atoms in total. The molecule has 1 amide bonds. The number of carbonyl (C=O) groups is 1. The van der Waals surface area contributed by atoms with Crippen LogP contribution in [-0.2, 0) is 16.1 Å². The lowest BCUT2D eigenvalue weighted by atomic mass is 10.1. The van der Waals surface area contributed by atoms with E-state index in [1.165, 1.54) is 0 Å². The summed E-state index contributed by atoms with van der Waals surface area (Å²) in [5.74, 6) is 0.0580. The summed E-state index contributed by atoms with van der Waals surface area (Å²) >= 11 is 0. The van der Waals surface area contributed by atoms with Gasteiger partial charge in [-0.2, -0.15) is 0 Å². The molecule has 0 aliphatic carbocycles. The summed E-state index contributed by atoms with van der Waals surface area (Å²) in [6, 6.07) is 5.71. The smallest absolute Gasteiger partial charge is 0.236 e. The van der Waals surface area contributed by atoms with E-state index in [0.717, 1.165) is 5.69 Å². The van der Waals surface area contributed by atoms with Crippen molar-refractivity contribution in [3.05, 3.63) is 30.1 Å². The Hall–Kier alpha value is -1.46. The van der Waals surface area contributed by atoms with Gasteiger partial charge >= 0.3 is 0 Å². The second kappa shape index (κ2) is 7.97. The minimum absolute atomic E-state index is 0.0580. The Balaban J connectivity index is 2.61. The van der Waals surface area contributed by atoms with Crippen LogP contribution in [0.3, 0.4) is 0 Å². The minimum atomic E-state index is -0.0758. The number of methoxy groups -OCH3 is 1. The van der Waals surface area contributed by atoms with Gasteiger partial charge in [-0.15, -0.1) is 0 Å². The van der Waals surface area contributed by atoms with Crippen LogP contribution in [0.4, 0.5) is 0 Å². The van der Waals surface area contributed by atoms with Crippen LogP contribution in [0.5, 0.6) is 0 Å². The molecule has 1 heterocycles. The van der Waals surface area contributed by atoms with E-state index in [1.807, 2.05) is 39.0 Å². The highest BCUT2D eigenvalue weighted by atomic mass is 16.5. The van der Waals surface area contributed by atoms with Crippen LogP contribution >= 0.6 is 0 Å². The first-order valence-electron chi connectivity index (χ1n) is 6.84. The second-order valence-corrected chi connectivity index (χ2v) is 5.73. The third-order valence-electron chi connectivity index (χ3n) is 2.77. The lowest BCUT2D eigenvalue weighted by Gasteiger charge is -2.25.